The van der Waals surface area contributed by atoms with Gasteiger partial charge in [0, 0.05) is 35.5 Å². The van der Waals surface area contributed by atoms with Crippen molar-refractivity contribution in [3.8, 4) is 28.2 Å². The SMILES string of the molecule is O=C(CCC1CCCC1)NCCSc1nc(-c2ccccc2)c(-c2ccccc2)n1-c1ccccc1. The number of carbonyl (C=O) groups is 1. The number of nitrogens with one attached hydrogen (secondary N) is 1. The Kier molecular flexibility index (Phi) is 8.19. The molecule has 184 valence electrons. The minimum Gasteiger partial charge on any atom is -0.355 e. The highest BCUT2D eigenvalue weighted by Crippen LogP contribution is 2.38. The standard InChI is InChI=1S/C31H33N3OS/c35-28(21-20-24-12-10-11-13-24)32-22-23-36-31-33-29(25-14-4-1-5-15-25)30(26-16-6-2-7-17-26)34(31)27-18-8-3-9-19-27/h1-9,14-19,24H,10-13,20-23H2,(H,32,35). The van der Waals surface area contributed by atoms with E-state index in [1.165, 1.54) is 25.7 Å². The summed E-state index contributed by atoms with van der Waals surface area (Å²) in [6.45, 7) is 0.636. The summed E-state index contributed by atoms with van der Waals surface area (Å²) in [4.78, 5) is 17.5. The molecule has 1 N–H and O–H groups in total. The molecular formula is C31H33N3OS. The van der Waals surface area contributed by atoms with Crippen molar-refractivity contribution in [2.24, 2.45) is 5.92 Å². The highest BCUT2D eigenvalue weighted by molar-refractivity contribution is 7.99. The predicted molar refractivity (Wildman–Crippen MR) is 149 cm³/mol. The lowest BCUT2D eigenvalue weighted by atomic mass is 10.0. The number of hydrogen-bond donors (Lipinski definition) is 1. The quantitative estimate of drug-likeness (QED) is 0.184. The average Bonchev–Trinajstić information content (AvgIpc) is 3.60. The lowest BCUT2D eigenvalue weighted by Crippen LogP contribution is -2.26. The summed E-state index contributed by atoms with van der Waals surface area (Å²) in [5, 5.41) is 4.05. The second-order valence-electron chi connectivity index (χ2n) is 9.38. The fourth-order valence-corrected chi connectivity index (χ4v) is 5.90. The van der Waals surface area contributed by atoms with Crippen LogP contribution in [0.5, 0.6) is 0 Å². The lowest BCUT2D eigenvalue weighted by molar-refractivity contribution is -0.121. The van der Waals surface area contributed by atoms with Crippen LogP contribution in [-0.4, -0.2) is 27.8 Å². The van der Waals surface area contributed by atoms with Gasteiger partial charge in [-0.25, -0.2) is 4.98 Å². The van der Waals surface area contributed by atoms with Gasteiger partial charge in [-0.2, -0.15) is 0 Å². The van der Waals surface area contributed by atoms with Gasteiger partial charge in [-0.05, 0) is 24.5 Å². The fourth-order valence-electron chi connectivity index (χ4n) is 5.03. The number of carbonyl (C=O) groups excluding carboxylic acids is 1. The first-order valence-electron chi connectivity index (χ1n) is 13.0. The van der Waals surface area contributed by atoms with Gasteiger partial charge < -0.3 is 5.32 Å². The first kappa shape index (κ1) is 24.4. The Morgan fingerprint density at radius 1 is 0.861 bits per heavy atom. The second kappa shape index (κ2) is 12.1. The third kappa shape index (κ3) is 5.90. The second-order valence-corrected chi connectivity index (χ2v) is 10.4. The molecule has 1 heterocycles. The molecule has 0 radical (unpaired) electrons. The average molecular weight is 496 g/mol. The van der Waals surface area contributed by atoms with E-state index in [0.717, 1.165) is 51.5 Å². The van der Waals surface area contributed by atoms with Crippen LogP contribution >= 0.6 is 11.8 Å². The van der Waals surface area contributed by atoms with Crippen LogP contribution in [0, 0.1) is 5.92 Å². The van der Waals surface area contributed by atoms with Crippen LogP contribution in [0.1, 0.15) is 38.5 Å². The Morgan fingerprint density at radius 3 is 2.14 bits per heavy atom. The number of aromatic nitrogens is 2. The van der Waals surface area contributed by atoms with E-state index in [-0.39, 0.29) is 5.91 Å². The molecule has 5 heteroatoms. The van der Waals surface area contributed by atoms with Gasteiger partial charge >= 0.3 is 0 Å². The molecule has 1 saturated carbocycles. The highest BCUT2D eigenvalue weighted by atomic mass is 32.2. The van der Waals surface area contributed by atoms with E-state index >= 15 is 0 Å². The molecule has 1 aromatic heterocycles. The number of benzene rings is 3. The van der Waals surface area contributed by atoms with Gasteiger partial charge in [0.2, 0.25) is 5.91 Å². The van der Waals surface area contributed by atoms with Crippen LogP contribution in [0.25, 0.3) is 28.2 Å². The molecule has 1 aliphatic rings. The molecule has 0 spiro atoms. The topological polar surface area (TPSA) is 46.9 Å². The first-order valence-corrected chi connectivity index (χ1v) is 14.0. The molecule has 0 aliphatic heterocycles. The van der Waals surface area contributed by atoms with Crippen molar-refractivity contribution >= 4 is 17.7 Å². The van der Waals surface area contributed by atoms with Crippen molar-refractivity contribution in [3.63, 3.8) is 0 Å². The summed E-state index contributed by atoms with van der Waals surface area (Å²) in [6.07, 6.45) is 6.90. The largest absolute Gasteiger partial charge is 0.355 e. The van der Waals surface area contributed by atoms with Crippen LogP contribution in [-0.2, 0) is 4.79 Å². The molecule has 1 amide bonds. The zero-order chi connectivity index (χ0) is 24.6. The van der Waals surface area contributed by atoms with Crippen LogP contribution < -0.4 is 5.32 Å². The molecule has 1 aliphatic carbocycles. The molecule has 4 nitrogen and oxygen atoms in total. The van der Waals surface area contributed by atoms with Crippen LogP contribution in [0.4, 0.5) is 0 Å². The van der Waals surface area contributed by atoms with Crippen LogP contribution in [0.15, 0.2) is 96.2 Å². The zero-order valence-corrected chi connectivity index (χ0v) is 21.4. The molecule has 5 rings (SSSR count). The number of amides is 1. The molecule has 0 atom stereocenters. The normalized spacial score (nSPS) is 13.7. The van der Waals surface area contributed by atoms with E-state index in [4.69, 9.17) is 4.98 Å². The third-order valence-corrected chi connectivity index (χ3v) is 7.81. The summed E-state index contributed by atoms with van der Waals surface area (Å²) < 4.78 is 2.25. The third-order valence-electron chi connectivity index (χ3n) is 6.87. The summed E-state index contributed by atoms with van der Waals surface area (Å²) in [7, 11) is 0. The van der Waals surface area contributed by atoms with E-state index in [1.54, 1.807) is 11.8 Å². The predicted octanol–water partition coefficient (Wildman–Crippen LogP) is 7.39. The smallest absolute Gasteiger partial charge is 0.220 e. The Hall–Kier alpha value is -3.31. The molecule has 3 aromatic carbocycles. The minimum absolute atomic E-state index is 0.170. The Labute approximate surface area is 218 Å². The van der Waals surface area contributed by atoms with Gasteiger partial charge in [-0.15, -0.1) is 0 Å². The summed E-state index contributed by atoms with van der Waals surface area (Å²) >= 11 is 1.69. The molecule has 4 aromatic rings. The summed E-state index contributed by atoms with van der Waals surface area (Å²) in [5.74, 6) is 1.68. The number of thioether (sulfide) groups is 1. The number of hydrogen-bond acceptors (Lipinski definition) is 3. The van der Waals surface area contributed by atoms with Crippen molar-refractivity contribution in [1.29, 1.82) is 0 Å². The number of nitrogens with zero attached hydrogens (tertiary/aromatic N) is 2. The molecule has 36 heavy (non-hydrogen) atoms. The number of rotatable bonds is 10. The van der Waals surface area contributed by atoms with Gasteiger partial charge in [-0.3, -0.25) is 9.36 Å². The summed E-state index contributed by atoms with van der Waals surface area (Å²) in [5.41, 5.74) is 5.34. The summed E-state index contributed by atoms with van der Waals surface area (Å²) in [6, 6.07) is 31.2. The number of para-hydroxylation sites is 1. The van der Waals surface area contributed by atoms with Crippen molar-refractivity contribution in [3.05, 3.63) is 91.0 Å². The van der Waals surface area contributed by atoms with Gasteiger partial charge in [0.1, 0.15) is 0 Å². The maximum absolute atomic E-state index is 12.4. The lowest BCUT2D eigenvalue weighted by Gasteiger charge is -2.13. The Morgan fingerprint density at radius 2 is 1.47 bits per heavy atom. The van der Waals surface area contributed by atoms with Crippen molar-refractivity contribution in [2.75, 3.05) is 12.3 Å². The zero-order valence-electron chi connectivity index (χ0n) is 20.6. The van der Waals surface area contributed by atoms with E-state index in [9.17, 15) is 4.79 Å². The molecule has 1 fully saturated rings. The van der Waals surface area contributed by atoms with E-state index < -0.39 is 0 Å². The van der Waals surface area contributed by atoms with Crippen molar-refractivity contribution in [2.45, 2.75) is 43.7 Å². The number of imidazole rings is 1. The minimum atomic E-state index is 0.170. The maximum atomic E-state index is 12.4. The monoisotopic (exact) mass is 495 g/mol. The molecular weight excluding hydrogens is 462 g/mol. The molecule has 0 unspecified atom stereocenters. The van der Waals surface area contributed by atoms with Crippen LogP contribution in [0.3, 0.4) is 0 Å². The van der Waals surface area contributed by atoms with Gasteiger partial charge in [0.15, 0.2) is 5.16 Å². The molecule has 0 saturated heterocycles. The highest BCUT2D eigenvalue weighted by Gasteiger charge is 2.21. The van der Waals surface area contributed by atoms with Gasteiger partial charge in [0.25, 0.3) is 0 Å². The van der Waals surface area contributed by atoms with Gasteiger partial charge in [0.05, 0.1) is 11.4 Å². The maximum Gasteiger partial charge on any atom is 0.220 e. The van der Waals surface area contributed by atoms with E-state index in [0.29, 0.717) is 13.0 Å². The van der Waals surface area contributed by atoms with E-state index in [1.807, 2.05) is 18.2 Å². The Balaban J connectivity index is 1.39. The van der Waals surface area contributed by atoms with Crippen molar-refractivity contribution < 1.29 is 4.79 Å². The first-order chi connectivity index (χ1) is 17.8. The fraction of sp³-hybridized carbons (Fsp3) is 0.290. The van der Waals surface area contributed by atoms with E-state index in [2.05, 4.69) is 82.7 Å². The Bertz CT molecular complexity index is 1250. The van der Waals surface area contributed by atoms with Crippen LogP contribution in [0.2, 0.25) is 0 Å². The van der Waals surface area contributed by atoms with Crippen molar-refractivity contribution in [1.82, 2.24) is 14.9 Å². The van der Waals surface area contributed by atoms with Gasteiger partial charge in [-0.1, -0.05) is 116 Å². The molecule has 0 bridgehead atoms.